The summed E-state index contributed by atoms with van der Waals surface area (Å²) in [6.45, 7) is 0.906. The number of hydrogen-bond acceptors (Lipinski definition) is 5. The first kappa shape index (κ1) is 23.5. The van der Waals surface area contributed by atoms with Gasteiger partial charge in [0.05, 0.1) is 33.4 Å². The molecule has 0 saturated carbocycles. The molecule has 1 aliphatic heterocycles. The number of methoxy groups -OCH3 is 1. The molecule has 1 saturated heterocycles. The Morgan fingerprint density at radius 2 is 1.94 bits per heavy atom. The predicted molar refractivity (Wildman–Crippen MR) is 127 cm³/mol. The number of anilines is 1. The number of ether oxygens (including phenoxy) is 1. The van der Waals surface area contributed by atoms with Gasteiger partial charge in [-0.05, 0) is 37.1 Å². The molecule has 0 atom stereocenters. The van der Waals surface area contributed by atoms with Crippen molar-refractivity contribution in [2.45, 2.75) is 18.8 Å². The van der Waals surface area contributed by atoms with Crippen molar-refractivity contribution in [3.63, 3.8) is 0 Å². The summed E-state index contributed by atoms with van der Waals surface area (Å²) in [5.74, 6) is -0.717. The minimum absolute atomic E-state index is 0.0953. The van der Waals surface area contributed by atoms with Crippen LogP contribution in [0.3, 0.4) is 0 Å². The molecule has 1 aliphatic rings. The van der Waals surface area contributed by atoms with Gasteiger partial charge in [-0.25, -0.2) is 9.37 Å². The number of piperidine rings is 1. The maximum absolute atomic E-state index is 14.1. The molecule has 0 aliphatic carbocycles. The van der Waals surface area contributed by atoms with E-state index < -0.39 is 11.7 Å². The van der Waals surface area contributed by atoms with Crippen molar-refractivity contribution in [3.8, 4) is 5.75 Å². The van der Waals surface area contributed by atoms with E-state index in [1.54, 1.807) is 28.5 Å². The number of nitrogens with zero attached hydrogens (tertiary/aromatic N) is 2. The SMILES string of the molecule is COc1ccc(Cl)c(NC(=O)c2csc(C3CCN(C(=O)c4c(F)cccc4Cl)CC3)n2)c1. The van der Waals surface area contributed by atoms with Crippen LogP contribution in [0.4, 0.5) is 10.1 Å². The number of benzene rings is 2. The molecule has 0 radical (unpaired) electrons. The predicted octanol–water partition coefficient (Wildman–Crippen LogP) is 5.87. The van der Waals surface area contributed by atoms with Gasteiger partial charge in [0.2, 0.25) is 0 Å². The van der Waals surface area contributed by atoms with Gasteiger partial charge in [0, 0.05) is 30.5 Å². The summed E-state index contributed by atoms with van der Waals surface area (Å²) in [6, 6.07) is 9.20. The third kappa shape index (κ3) is 5.13. The van der Waals surface area contributed by atoms with Crippen molar-refractivity contribution in [1.82, 2.24) is 9.88 Å². The van der Waals surface area contributed by atoms with Gasteiger partial charge in [-0.3, -0.25) is 9.59 Å². The molecule has 172 valence electrons. The van der Waals surface area contributed by atoms with E-state index in [1.807, 2.05) is 0 Å². The summed E-state index contributed by atoms with van der Waals surface area (Å²) in [5, 5.41) is 5.79. The zero-order chi connectivity index (χ0) is 23.5. The number of rotatable bonds is 5. The molecule has 1 aromatic heterocycles. The van der Waals surface area contributed by atoms with Crippen LogP contribution in [0.2, 0.25) is 10.0 Å². The Labute approximate surface area is 204 Å². The number of likely N-dealkylation sites (tertiary alicyclic amines) is 1. The first-order valence-electron chi connectivity index (χ1n) is 10.2. The van der Waals surface area contributed by atoms with Crippen molar-refractivity contribution < 1.29 is 18.7 Å². The third-order valence-corrected chi connectivity index (χ3v) is 7.14. The van der Waals surface area contributed by atoms with E-state index in [-0.39, 0.29) is 22.4 Å². The van der Waals surface area contributed by atoms with Crippen LogP contribution in [0, 0.1) is 5.82 Å². The van der Waals surface area contributed by atoms with E-state index in [0.717, 1.165) is 5.01 Å². The van der Waals surface area contributed by atoms with E-state index in [2.05, 4.69) is 10.3 Å². The number of hydrogen-bond donors (Lipinski definition) is 1. The van der Waals surface area contributed by atoms with Gasteiger partial charge in [-0.1, -0.05) is 29.3 Å². The zero-order valence-electron chi connectivity index (χ0n) is 17.6. The lowest BCUT2D eigenvalue weighted by Crippen LogP contribution is -2.38. The Balaban J connectivity index is 1.39. The maximum atomic E-state index is 14.1. The van der Waals surface area contributed by atoms with Gasteiger partial charge in [0.1, 0.15) is 17.3 Å². The van der Waals surface area contributed by atoms with Crippen molar-refractivity contribution in [1.29, 1.82) is 0 Å². The van der Waals surface area contributed by atoms with Crippen molar-refractivity contribution >= 4 is 52.0 Å². The highest BCUT2D eigenvalue weighted by molar-refractivity contribution is 7.10. The van der Waals surface area contributed by atoms with Gasteiger partial charge >= 0.3 is 0 Å². The lowest BCUT2D eigenvalue weighted by Gasteiger charge is -2.31. The smallest absolute Gasteiger partial charge is 0.275 e. The Morgan fingerprint density at radius 3 is 2.64 bits per heavy atom. The van der Waals surface area contributed by atoms with Crippen LogP contribution in [0.25, 0.3) is 0 Å². The van der Waals surface area contributed by atoms with Crippen LogP contribution in [-0.2, 0) is 0 Å². The second kappa shape index (κ2) is 10.1. The Hall–Kier alpha value is -2.68. The summed E-state index contributed by atoms with van der Waals surface area (Å²) in [6.07, 6.45) is 1.32. The summed E-state index contributed by atoms with van der Waals surface area (Å²) >= 11 is 13.6. The highest BCUT2D eigenvalue weighted by atomic mass is 35.5. The molecule has 4 rings (SSSR count). The molecule has 3 aromatic rings. The molecule has 33 heavy (non-hydrogen) atoms. The first-order valence-corrected chi connectivity index (χ1v) is 11.8. The van der Waals surface area contributed by atoms with Crippen molar-refractivity contribution in [2.24, 2.45) is 0 Å². The number of carbonyl (C=O) groups excluding carboxylic acids is 2. The summed E-state index contributed by atoms with van der Waals surface area (Å²) in [5.41, 5.74) is 0.641. The van der Waals surface area contributed by atoms with Crippen LogP contribution in [-0.4, -0.2) is 41.9 Å². The van der Waals surface area contributed by atoms with E-state index in [9.17, 15) is 14.0 Å². The Morgan fingerprint density at radius 1 is 1.18 bits per heavy atom. The first-order chi connectivity index (χ1) is 15.9. The minimum atomic E-state index is -0.624. The quantitative estimate of drug-likeness (QED) is 0.468. The fourth-order valence-corrected chi connectivity index (χ4v) is 5.06. The van der Waals surface area contributed by atoms with Crippen LogP contribution in [0.15, 0.2) is 41.8 Å². The highest BCUT2D eigenvalue weighted by Gasteiger charge is 2.29. The second-order valence-corrected chi connectivity index (χ2v) is 9.24. The number of carbonyl (C=O) groups is 2. The third-order valence-electron chi connectivity index (χ3n) is 5.48. The number of nitrogens with one attached hydrogen (secondary N) is 1. The largest absolute Gasteiger partial charge is 0.497 e. The minimum Gasteiger partial charge on any atom is -0.497 e. The molecular weight excluding hydrogens is 488 g/mol. The van der Waals surface area contributed by atoms with Gasteiger partial charge in [-0.2, -0.15) is 0 Å². The summed E-state index contributed by atoms with van der Waals surface area (Å²) in [7, 11) is 1.53. The summed E-state index contributed by atoms with van der Waals surface area (Å²) in [4.78, 5) is 31.5. The maximum Gasteiger partial charge on any atom is 0.275 e. The van der Waals surface area contributed by atoms with Crippen molar-refractivity contribution in [2.75, 3.05) is 25.5 Å². The number of halogens is 3. The average Bonchev–Trinajstić information content (AvgIpc) is 3.31. The fraction of sp³-hybridized carbons (Fsp3) is 0.261. The Bertz CT molecular complexity index is 1180. The molecule has 2 aromatic carbocycles. The molecular formula is C23H20Cl2FN3O3S. The number of aromatic nitrogens is 1. The van der Waals surface area contributed by atoms with Crippen LogP contribution in [0.5, 0.6) is 5.75 Å². The van der Waals surface area contributed by atoms with Crippen LogP contribution >= 0.6 is 34.5 Å². The lowest BCUT2D eigenvalue weighted by atomic mass is 9.97. The van der Waals surface area contributed by atoms with E-state index in [4.69, 9.17) is 27.9 Å². The molecule has 10 heteroatoms. The number of thiazole rings is 1. The molecule has 2 heterocycles. The zero-order valence-corrected chi connectivity index (χ0v) is 19.9. The normalized spacial score (nSPS) is 14.2. The van der Waals surface area contributed by atoms with Gasteiger partial charge in [-0.15, -0.1) is 11.3 Å². The van der Waals surface area contributed by atoms with Crippen LogP contribution in [0.1, 0.15) is 44.6 Å². The van der Waals surface area contributed by atoms with E-state index in [0.29, 0.717) is 48.1 Å². The van der Waals surface area contributed by atoms with E-state index >= 15 is 0 Å². The number of amides is 2. The van der Waals surface area contributed by atoms with E-state index in [1.165, 1.54) is 36.6 Å². The summed E-state index contributed by atoms with van der Waals surface area (Å²) < 4.78 is 19.3. The standard InChI is InChI=1S/C23H20Cl2FN3O3S/c1-32-14-5-6-15(24)18(11-14)27-21(30)19-12-33-22(28-19)13-7-9-29(10-8-13)23(31)20-16(25)3-2-4-17(20)26/h2-6,11-13H,7-10H2,1H3,(H,27,30). The fourth-order valence-electron chi connectivity index (χ4n) is 3.68. The van der Waals surface area contributed by atoms with Gasteiger partial charge in [0.15, 0.2) is 0 Å². The second-order valence-electron chi connectivity index (χ2n) is 7.53. The van der Waals surface area contributed by atoms with Gasteiger partial charge in [0.25, 0.3) is 11.8 Å². The van der Waals surface area contributed by atoms with Gasteiger partial charge < -0.3 is 15.0 Å². The molecule has 0 unspecified atom stereocenters. The molecule has 6 nitrogen and oxygen atoms in total. The monoisotopic (exact) mass is 507 g/mol. The Kier molecular flexibility index (Phi) is 7.17. The highest BCUT2D eigenvalue weighted by Crippen LogP contribution is 2.32. The molecule has 0 spiro atoms. The van der Waals surface area contributed by atoms with Crippen LogP contribution < -0.4 is 10.1 Å². The molecule has 1 N–H and O–H groups in total. The van der Waals surface area contributed by atoms with Crippen molar-refractivity contribution in [3.05, 3.63) is 73.9 Å². The molecule has 1 fully saturated rings. The molecule has 0 bridgehead atoms. The lowest BCUT2D eigenvalue weighted by molar-refractivity contribution is 0.0708. The topological polar surface area (TPSA) is 71.5 Å². The average molecular weight is 508 g/mol. The molecule has 2 amide bonds.